The van der Waals surface area contributed by atoms with E-state index in [0.717, 1.165) is 25.2 Å². The van der Waals surface area contributed by atoms with E-state index in [2.05, 4.69) is 17.6 Å². The number of amides is 2. The number of para-hydroxylation sites is 1. The van der Waals surface area contributed by atoms with Crippen LogP contribution in [-0.4, -0.2) is 38.0 Å². The summed E-state index contributed by atoms with van der Waals surface area (Å²) in [4.78, 5) is 26.9. The number of anilines is 1. The van der Waals surface area contributed by atoms with Gasteiger partial charge in [0.2, 0.25) is 0 Å². The number of piperidine rings is 1. The summed E-state index contributed by atoms with van der Waals surface area (Å²) in [6.45, 7) is 3.92. The van der Waals surface area contributed by atoms with E-state index in [1.54, 1.807) is 36.2 Å². The summed E-state index contributed by atoms with van der Waals surface area (Å²) < 4.78 is 0. The number of nitrogens with zero attached hydrogens (tertiary/aromatic N) is 1. The fraction of sp³-hybridized carbons (Fsp3) is 0.333. The molecule has 0 aliphatic carbocycles. The molecular weight excluding hydrogens is 362 g/mol. The lowest BCUT2D eigenvalue weighted by Gasteiger charge is -2.30. The summed E-state index contributed by atoms with van der Waals surface area (Å²) in [6, 6.07) is 16.5. The second kappa shape index (κ2) is 9.53. The molecule has 0 bridgehead atoms. The Bertz CT molecular complexity index is 782. The zero-order valence-corrected chi connectivity index (χ0v) is 16.5. The van der Waals surface area contributed by atoms with Crippen LogP contribution in [-0.2, 0) is 0 Å². The van der Waals surface area contributed by atoms with Crippen LogP contribution in [0, 0.1) is 5.92 Å². The Balaban J connectivity index is 0.00000261. The minimum absolute atomic E-state index is 0. The quantitative estimate of drug-likeness (QED) is 0.847. The van der Waals surface area contributed by atoms with Crippen LogP contribution in [0.25, 0.3) is 0 Å². The van der Waals surface area contributed by atoms with Crippen LogP contribution in [0.1, 0.15) is 34.1 Å². The Hall–Kier alpha value is -2.37. The van der Waals surface area contributed by atoms with Gasteiger partial charge in [-0.05, 0) is 49.2 Å². The molecule has 0 aromatic heterocycles. The molecule has 0 spiro atoms. The van der Waals surface area contributed by atoms with Crippen molar-refractivity contribution >= 4 is 29.9 Å². The number of hydrogen-bond donors (Lipinski definition) is 2. The highest BCUT2D eigenvalue weighted by atomic mass is 35.5. The second-order valence-corrected chi connectivity index (χ2v) is 6.83. The highest BCUT2D eigenvalue weighted by Gasteiger charge is 2.23. The zero-order chi connectivity index (χ0) is 18.5. The van der Waals surface area contributed by atoms with Crippen molar-refractivity contribution in [3.05, 3.63) is 65.7 Å². The normalized spacial score (nSPS) is 18.9. The number of hydrogen-bond acceptors (Lipinski definition) is 3. The van der Waals surface area contributed by atoms with Crippen LogP contribution < -0.4 is 15.5 Å². The molecule has 2 atom stereocenters. The van der Waals surface area contributed by atoms with Crippen LogP contribution in [0.15, 0.2) is 54.6 Å². The number of halogens is 1. The minimum Gasteiger partial charge on any atom is -0.348 e. The van der Waals surface area contributed by atoms with Crippen LogP contribution >= 0.6 is 12.4 Å². The number of carbonyl (C=O) groups excluding carboxylic acids is 2. The summed E-state index contributed by atoms with van der Waals surface area (Å²) in [7, 11) is 1.74. The van der Waals surface area contributed by atoms with Gasteiger partial charge in [-0.2, -0.15) is 0 Å². The van der Waals surface area contributed by atoms with Gasteiger partial charge in [-0.1, -0.05) is 31.2 Å². The third kappa shape index (κ3) is 5.08. The Morgan fingerprint density at radius 1 is 1.07 bits per heavy atom. The molecule has 2 aromatic carbocycles. The first-order valence-electron chi connectivity index (χ1n) is 9.01. The van der Waals surface area contributed by atoms with E-state index in [0.29, 0.717) is 17.0 Å². The van der Waals surface area contributed by atoms with E-state index in [-0.39, 0.29) is 30.3 Å². The molecule has 2 N–H and O–H groups in total. The van der Waals surface area contributed by atoms with Gasteiger partial charge >= 0.3 is 0 Å². The van der Waals surface area contributed by atoms with Gasteiger partial charge < -0.3 is 15.5 Å². The molecule has 1 aliphatic rings. The Labute approximate surface area is 166 Å². The number of carbonyl (C=O) groups is 2. The molecule has 27 heavy (non-hydrogen) atoms. The molecule has 5 nitrogen and oxygen atoms in total. The van der Waals surface area contributed by atoms with Gasteiger partial charge in [-0.3, -0.25) is 9.59 Å². The van der Waals surface area contributed by atoms with Crippen LogP contribution in [0.2, 0.25) is 0 Å². The standard InChI is InChI=1S/C21H25N3O2.ClH/c1-15-11-12-22-14-19(15)23-20(25)16-7-6-8-17(13-16)21(26)24(2)18-9-4-3-5-10-18;/h3-10,13,15,19,22H,11-12,14H2,1-2H3,(H,23,25);1H. The maximum atomic E-state index is 12.7. The average molecular weight is 388 g/mol. The summed E-state index contributed by atoms with van der Waals surface area (Å²) in [5, 5.41) is 6.39. The summed E-state index contributed by atoms with van der Waals surface area (Å²) >= 11 is 0. The molecule has 2 unspecified atom stereocenters. The van der Waals surface area contributed by atoms with E-state index < -0.39 is 0 Å². The zero-order valence-electron chi connectivity index (χ0n) is 15.6. The molecule has 2 aromatic rings. The van der Waals surface area contributed by atoms with Gasteiger partial charge in [-0.15, -0.1) is 12.4 Å². The number of benzene rings is 2. The summed E-state index contributed by atoms with van der Waals surface area (Å²) in [6.07, 6.45) is 1.05. The Kier molecular flexibility index (Phi) is 7.39. The minimum atomic E-state index is -0.140. The van der Waals surface area contributed by atoms with E-state index in [4.69, 9.17) is 0 Å². The average Bonchev–Trinajstić information content (AvgIpc) is 2.69. The highest BCUT2D eigenvalue weighted by Crippen LogP contribution is 2.16. The van der Waals surface area contributed by atoms with Crippen molar-refractivity contribution in [3.8, 4) is 0 Å². The van der Waals surface area contributed by atoms with Crippen molar-refractivity contribution in [2.75, 3.05) is 25.0 Å². The van der Waals surface area contributed by atoms with Crippen molar-refractivity contribution in [2.24, 2.45) is 5.92 Å². The van der Waals surface area contributed by atoms with E-state index in [9.17, 15) is 9.59 Å². The van der Waals surface area contributed by atoms with Gasteiger partial charge in [0.1, 0.15) is 0 Å². The maximum absolute atomic E-state index is 12.7. The molecule has 2 amide bonds. The topological polar surface area (TPSA) is 61.4 Å². The second-order valence-electron chi connectivity index (χ2n) is 6.83. The molecule has 144 valence electrons. The number of rotatable bonds is 4. The first kappa shape index (κ1) is 20.9. The largest absolute Gasteiger partial charge is 0.348 e. The SMILES string of the molecule is CC1CCNCC1NC(=O)c1cccc(C(=O)N(C)c2ccccc2)c1.Cl. The van der Waals surface area contributed by atoms with Crippen molar-refractivity contribution in [1.82, 2.24) is 10.6 Å². The fourth-order valence-corrected chi connectivity index (χ4v) is 3.19. The molecule has 0 saturated carbocycles. The van der Waals surface area contributed by atoms with E-state index in [1.165, 1.54) is 0 Å². The molecule has 1 fully saturated rings. The van der Waals surface area contributed by atoms with Crippen molar-refractivity contribution in [3.63, 3.8) is 0 Å². The van der Waals surface area contributed by atoms with Crippen LogP contribution in [0.3, 0.4) is 0 Å². The summed E-state index contributed by atoms with van der Waals surface area (Å²) in [5.41, 5.74) is 1.82. The lowest BCUT2D eigenvalue weighted by atomic mass is 9.94. The van der Waals surface area contributed by atoms with Crippen molar-refractivity contribution in [2.45, 2.75) is 19.4 Å². The first-order chi connectivity index (χ1) is 12.6. The third-order valence-corrected chi connectivity index (χ3v) is 4.96. The van der Waals surface area contributed by atoms with E-state index in [1.807, 2.05) is 30.3 Å². The third-order valence-electron chi connectivity index (χ3n) is 4.96. The molecule has 1 saturated heterocycles. The van der Waals surface area contributed by atoms with Gasteiger partial charge in [0.05, 0.1) is 0 Å². The fourth-order valence-electron chi connectivity index (χ4n) is 3.19. The number of nitrogens with one attached hydrogen (secondary N) is 2. The van der Waals surface area contributed by atoms with E-state index >= 15 is 0 Å². The molecule has 0 radical (unpaired) electrons. The lowest BCUT2D eigenvalue weighted by molar-refractivity contribution is 0.0915. The summed E-state index contributed by atoms with van der Waals surface area (Å²) in [5.74, 6) is 0.162. The lowest BCUT2D eigenvalue weighted by Crippen LogP contribution is -2.50. The first-order valence-corrected chi connectivity index (χ1v) is 9.01. The monoisotopic (exact) mass is 387 g/mol. The van der Waals surface area contributed by atoms with Gasteiger partial charge in [0.15, 0.2) is 0 Å². The van der Waals surface area contributed by atoms with Crippen LogP contribution in [0.4, 0.5) is 5.69 Å². The molecule has 1 heterocycles. The predicted octanol–water partition coefficient (Wildman–Crippen LogP) is 3.11. The molecular formula is C21H26ClN3O2. The van der Waals surface area contributed by atoms with Gasteiger partial charge in [-0.25, -0.2) is 0 Å². The Morgan fingerprint density at radius 2 is 1.78 bits per heavy atom. The van der Waals surface area contributed by atoms with Crippen LogP contribution in [0.5, 0.6) is 0 Å². The van der Waals surface area contributed by atoms with Gasteiger partial charge in [0, 0.05) is 36.4 Å². The maximum Gasteiger partial charge on any atom is 0.258 e. The highest BCUT2D eigenvalue weighted by molar-refractivity contribution is 6.07. The van der Waals surface area contributed by atoms with Crippen molar-refractivity contribution in [1.29, 1.82) is 0 Å². The Morgan fingerprint density at radius 3 is 2.48 bits per heavy atom. The van der Waals surface area contributed by atoms with Crippen molar-refractivity contribution < 1.29 is 9.59 Å². The molecule has 6 heteroatoms. The molecule has 1 aliphatic heterocycles. The van der Waals surface area contributed by atoms with Gasteiger partial charge in [0.25, 0.3) is 11.8 Å². The predicted molar refractivity (Wildman–Crippen MR) is 111 cm³/mol. The smallest absolute Gasteiger partial charge is 0.258 e. The molecule has 3 rings (SSSR count).